The van der Waals surface area contributed by atoms with Crippen LogP contribution in [0.25, 0.3) is 12.2 Å². The summed E-state index contributed by atoms with van der Waals surface area (Å²) >= 11 is 0. The first kappa shape index (κ1) is 24.9. The Morgan fingerprint density at radius 1 is 1.26 bits per heavy atom. The number of anilines is 1. The number of nitrogens with zero attached hydrogens (tertiary/aromatic N) is 1. The highest BCUT2D eigenvalue weighted by Crippen LogP contribution is 2.37. The molecule has 2 aromatic rings. The Hall–Kier alpha value is -3.73. The topological polar surface area (TPSA) is 148 Å². The number of aromatic hydroxyl groups is 2. The predicted octanol–water partition coefficient (Wildman–Crippen LogP) is 4.75. The van der Waals surface area contributed by atoms with E-state index in [2.05, 4.69) is 22.6 Å². The van der Waals surface area contributed by atoms with Gasteiger partial charge in [0.1, 0.15) is 22.1 Å². The van der Waals surface area contributed by atoms with Crippen LogP contribution in [0.3, 0.4) is 0 Å². The maximum Gasteiger partial charge on any atom is 0.294 e. The van der Waals surface area contributed by atoms with Gasteiger partial charge in [0.15, 0.2) is 0 Å². The van der Waals surface area contributed by atoms with Gasteiger partial charge < -0.3 is 15.6 Å². The van der Waals surface area contributed by atoms with Crippen molar-refractivity contribution < 1.29 is 23.2 Å². The fourth-order valence-corrected chi connectivity index (χ4v) is 4.49. The molecule has 0 heterocycles. The van der Waals surface area contributed by atoms with Crippen LogP contribution in [0, 0.1) is 11.8 Å². The molecule has 0 aliphatic heterocycles. The van der Waals surface area contributed by atoms with Crippen molar-refractivity contribution in [1.29, 1.82) is 0 Å². The number of allylic oxidation sites excluding steroid dienone is 4. The Kier molecular flexibility index (Phi) is 7.35. The molecule has 0 aromatic heterocycles. The first-order chi connectivity index (χ1) is 16.0. The van der Waals surface area contributed by atoms with Gasteiger partial charge in [0.25, 0.3) is 10.1 Å². The van der Waals surface area contributed by atoms with Crippen molar-refractivity contribution in [3.8, 4) is 11.5 Å². The van der Waals surface area contributed by atoms with Crippen molar-refractivity contribution >= 4 is 28.0 Å². The van der Waals surface area contributed by atoms with E-state index in [0.29, 0.717) is 5.56 Å². The van der Waals surface area contributed by atoms with Crippen molar-refractivity contribution in [2.24, 2.45) is 5.18 Å². The molecule has 0 bridgehead atoms. The SMILES string of the molecule is C=C(C=Cc1c(C)c(S(=O)(=O)O)cc(O)c1NNCc1ccc2c(c1O)C(C)C=CC=C2)N=O. The zero-order valence-electron chi connectivity index (χ0n) is 18.6. The fourth-order valence-electron chi connectivity index (χ4n) is 3.73. The van der Waals surface area contributed by atoms with Gasteiger partial charge in [0.2, 0.25) is 0 Å². The van der Waals surface area contributed by atoms with Gasteiger partial charge in [-0.1, -0.05) is 56.0 Å². The summed E-state index contributed by atoms with van der Waals surface area (Å²) < 4.78 is 33.0. The maximum absolute atomic E-state index is 11.7. The number of nitroso groups, excluding NO2 is 1. The number of hydrazine groups is 1. The van der Waals surface area contributed by atoms with Gasteiger partial charge in [-0.05, 0) is 29.3 Å². The van der Waals surface area contributed by atoms with E-state index in [1.807, 2.05) is 37.3 Å². The first-order valence-electron chi connectivity index (χ1n) is 10.3. The van der Waals surface area contributed by atoms with E-state index in [4.69, 9.17) is 0 Å². The third-order valence-electron chi connectivity index (χ3n) is 5.47. The smallest absolute Gasteiger partial charge is 0.294 e. The summed E-state index contributed by atoms with van der Waals surface area (Å²) in [7, 11) is -4.62. The van der Waals surface area contributed by atoms with E-state index in [9.17, 15) is 28.1 Å². The third-order valence-corrected chi connectivity index (χ3v) is 6.45. The molecule has 1 aliphatic carbocycles. The van der Waals surface area contributed by atoms with Gasteiger partial charge in [-0.2, -0.15) is 8.42 Å². The average Bonchev–Trinajstić information content (AvgIpc) is 2.97. The summed E-state index contributed by atoms with van der Waals surface area (Å²) in [5.41, 5.74) is 8.30. The van der Waals surface area contributed by atoms with Crippen molar-refractivity contribution in [2.45, 2.75) is 31.2 Å². The molecule has 0 spiro atoms. The van der Waals surface area contributed by atoms with Gasteiger partial charge in [-0.3, -0.25) is 4.55 Å². The summed E-state index contributed by atoms with van der Waals surface area (Å²) in [5.74, 6) is -0.315. The number of hydrogen-bond donors (Lipinski definition) is 5. The summed E-state index contributed by atoms with van der Waals surface area (Å²) in [5, 5.41) is 24.0. The van der Waals surface area contributed by atoms with E-state index in [1.165, 1.54) is 19.1 Å². The minimum atomic E-state index is -4.62. The van der Waals surface area contributed by atoms with E-state index in [1.54, 1.807) is 6.07 Å². The monoisotopic (exact) mass is 483 g/mol. The van der Waals surface area contributed by atoms with Crippen LogP contribution in [0.4, 0.5) is 5.69 Å². The minimum Gasteiger partial charge on any atom is -0.507 e. The van der Waals surface area contributed by atoms with Gasteiger partial charge in [-0.15, -0.1) is 4.91 Å². The van der Waals surface area contributed by atoms with Crippen LogP contribution in [0.15, 0.2) is 64.9 Å². The van der Waals surface area contributed by atoms with Crippen LogP contribution in [-0.2, 0) is 16.7 Å². The standard InChI is InChI=1S/C24H25N3O6S/c1-14-6-4-5-7-17-9-10-18(24(29)22(14)17)13-25-26-23-19(11-8-15(2)27-30)16(3)21(12-20(23)28)34(31,32)33/h4-12,14,25-26,28-29H,2,13H2,1,3H3,(H,31,32,33). The van der Waals surface area contributed by atoms with Gasteiger partial charge >= 0.3 is 0 Å². The molecular formula is C24H25N3O6S. The van der Waals surface area contributed by atoms with Crippen molar-refractivity contribution in [1.82, 2.24) is 5.43 Å². The Labute approximate surface area is 197 Å². The highest BCUT2D eigenvalue weighted by atomic mass is 32.2. The number of rotatable bonds is 8. The molecule has 0 saturated carbocycles. The van der Waals surface area contributed by atoms with Crippen LogP contribution >= 0.6 is 0 Å². The maximum atomic E-state index is 11.7. The fraction of sp³-hybridized carbons (Fsp3) is 0.167. The van der Waals surface area contributed by atoms with E-state index in [-0.39, 0.29) is 40.7 Å². The van der Waals surface area contributed by atoms with Crippen LogP contribution in [0.2, 0.25) is 0 Å². The summed E-state index contributed by atoms with van der Waals surface area (Å²) in [6.45, 7) is 7.01. The second kappa shape index (κ2) is 10.0. The number of phenolic OH excluding ortho intramolecular Hbond substituents is 2. The molecule has 0 radical (unpaired) electrons. The second-order valence-electron chi connectivity index (χ2n) is 7.79. The largest absolute Gasteiger partial charge is 0.507 e. The number of nitrogens with one attached hydrogen (secondary N) is 2. The number of hydrogen-bond acceptors (Lipinski definition) is 8. The summed E-state index contributed by atoms with van der Waals surface area (Å²) in [6.07, 6.45) is 10.3. The van der Waals surface area contributed by atoms with Gasteiger partial charge in [0.05, 0.1) is 5.69 Å². The molecule has 2 aromatic carbocycles. The Bertz CT molecular complexity index is 1340. The van der Waals surface area contributed by atoms with E-state index >= 15 is 0 Å². The Balaban J connectivity index is 1.93. The molecule has 0 amide bonds. The lowest BCUT2D eigenvalue weighted by molar-refractivity contribution is 0.456. The number of benzene rings is 2. The molecule has 3 rings (SSSR count). The second-order valence-corrected chi connectivity index (χ2v) is 9.18. The van der Waals surface area contributed by atoms with Gasteiger partial charge in [0, 0.05) is 35.2 Å². The normalized spacial score (nSPS) is 15.2. The molecule has 178 valence electrons. The van der Waals surface area contributed by atoms with Gasteiger partial charge in [-0.25, -0.2) is 5.43 Å². The molecule has 1 unspecified atom stereocenters. The highest BCUT2D eigenvalue weighted by molar-refractivity contribution is 7.85. The van der Waals surface area contributed by atoms with E-state index in [0.717, 1.165) is 17.2 Å². The van der Waals surface area contributed by atoms with Crippen LogP contribution in [0.5, 0.6) is 11.5 Å². The van der Waals surface area contributed by atoms with E-state index < -0.39 is 20.8 Å². The quantitative estimate of drug-likeness (QED) is 0.119. The Morgan fingerprint density at radius 2 is 2.00 bits per heavy atom. The highest BCUT2D eigenvalue weighted by Gasteiger charge is 2.21. The number of phenols is 2. The average molecular weight is 484 g/mol. The van der Waals surface area contributed by atoms with Crippen LogP contribution in [0.1, 0.15) is 40.7 Å². The predicted molar refractivity (Wildman–Crippen MR) is 132 cm³/mol. The number of fused-ring (bicyclic) bond motifs is 1. The van der Waals surface area contributed by atoms with Crippen molar-refractivity contribution in [3.05, 3.63) is 87.5 Å². The zero-order valence-corrected chi connectivity index (χ0v) is 19.4. The molecule has 1 atom stereocenters. The molecule has 0 saturated heterocycles. The van der Waals surface area contributed by atoms with Crippen LogP contribution < -0.4 is 10.9 Å². The molecule has 10 heteroatoms. The minimum absolute atomic E-state index is 0.00819. The zero-order chi connectivity index (χ0) is 25.0. The first-order valence-corrected chi connectivity index (χ1v) is 11.7. The molecule has 5 N–H and O–H groups in total. The van der Waals surface area contributed by atoms with Crippen molar-refractivity contribution in [2.75, 3.05) is 5.43 Å². The molecule has 34 heavy (non-hydrogen) atoms. The molecule has 9 nitrogen and oxygen atoms in total. The Morgan fingerprint density at radius 3 is 2.68 bits per heavy atom. The molecule has 0 fully saturated rings. The molecule has 1 aliphatic rings. The lowest BCUT2D eigenvalue weighted by Gasteiger charge is -2.19. The molecular weight excluding hydrogens is 458 g/mol. The summed E-state index contributed by atoms with van der Waals surface area (Å²) in [6, 6.07) is 4.60. The lowest BCUT2D eigenvalue weighted by atomic mass is 9.93. The van der Waals surface area contributed by atoms with Crippen LogP contribution in [-0.4, -0.2) is 23.2 Å². The summed E-state index contributed by atoms with van der Waals surface area (Å²) in [4.78, 5) is 10.2. The lowest BCUT2D eigenvalue weighted by Crippen LogP contribution is -2.22. The third kappa shape index (κ3) is 5.25. The van der Waals surface area contributed by atoms with Crippen molar-refractivity contribution in [3.63, 3.8) is 0 Å².